The number of nitrogens with zero attached hydrogens (tertiary/aromatic N) is 2. The first-order chi connectivity index (χ1) is 8.66. The molecular formula is C15H25N3. The van der Waals surface area contributed by atoms with Crippen LogP contribution in [0.5, 0.6) is 0 Å². The third kappa shape index (κ3) is 2.20. The van der Waals surface area contributed by atoms with E-state index in [2.05, 4.69) is 30.7 Å². The molecule has 0 radical (unpaired) electrons. The molecule has 1 atom stereocenters. The van der Waals surface area contributed by atoms with Gasteiger partial charge in [0.15, 0.2) is 0 Å². The van der Waals surface area contributed by atoms with E-state index >= 15 is 0 Å². The van der Waals surface area contributed by atoms with Crippen molar-refractivity contribution in [2.24, 2.45) is 11.8 Å². The Hall–Kier alpha value is -0.830. The summed E-state index contributed by atoms with van der Waals surface area (Å²) >= 11 is 0. The molecule has 1 aromatic heterocycles. The quantitative estimate of drug-likeness (QED) is 0.886. The first kappa shape index (κ1) is 12.2. The van der Waals surface area contributed by atoms with Crippen LogP contribution in [0.25, 0.3) is 0 Å². The van der Waals surface area contributed by atoms with Crippen LogP contribution in [0.2, 0.25) is 0 Å². The molecule has 100 valence electrons. The van der Waals surface area contributed by atoms with Gasteiger partial charge in [-0.2, -0.15) is 0 Å². The Balaban J connectivity index is 1.97. The lowest BCUT2D eigenvalue weighted by Crippen LogP contribution is -2.26. The SMILES string of the molecule is CC(C)Cc1nc2c(n1C(C)C1CC1)CCNC2. The van der Waals surface area contributed by atoms with Crippen molar-refractivity contribution >= 4 is 0 Å². The highest BCUT2D eigenvalue weighted by Gasteiger charge is 2.33. The Morgan fingerprint density at radius 1 is 1.33 bits per heavy atom. The van der Waals surface area contributed by atoms with Gasteiger partial charge in [0.05, 0.1) is 5.69 Å². The van der Waals surface area contributed by atoms with Crippen LogP contribution < -0.4 is 5.32 Å². The van der Waals surface area contributed by atoms with Crippen molar-refractivity contribution in [3.05, 3.63) is 17.2 Å². The Kier molecular flexibility index (Phi) is 3.18. The van der Waals surface area contributed by atoms with Crippen LogP contribution in [0, 0.1) is 11.8 Å². The molecule has 0 spiro atoms. The number of fused-ring (bicyclic) bond motifs is 1. The van der Waals surface area contributed by atoms with Crippen LogP contribution in [-0.2, 0) is 19.4 Å². The van der Waals surface area contributed by atoms with Crippen LogP contribution in [0.4, 0.5) is 0 Å². The molecule has 0 aromatic carbocycles. The van der Waals surface area contributed by atoms with Crippen molar-refractivity contribution < 1.29 is 0 Å². The zero-order chi connectivity index (χ0) is 12.7. The molecule has 0 saturated heterocycles. The molecule has 1 aliphatic carbocycles. The normalized spacial score (nSPS) is 21.1. The van der Waals surface area contributed by atoms with Gasteiger partial charge < -0.3 is 9.88 Å². The molecule has 1 N–H and O–H groups in total. The fourth-order valence-electron chi connectivity index (χ4n) is 3.17. The van der Waals surface area contributed by atoms with Gasteiger partial charge in [-0.1, -0.05) is 13.8 Å². The molecule has 1 aromatic rings. The molecule has 1 aliphatic heterocycles. The molecule has 1 fully saturated rings. The largest absolute Gasteiger partial charge is 0.329 e. The van der Waals surface area contributed by atoms with E-state index in [1.54, 1.807) is 0 Å². The van der Waals surface area contributed by atoms with Gasteiger partial charge in [0.25, 0.3) is 0 Å². The fourth-order valence-corrected chi connectivity index (χ4v) is 3.17. The predicted molar refractivity (Wildman–Crippen MR) is 73.6 cm³/mol. The van der Waals surface area contributed by atoms with Gasteiger partial charge in [-0.25, -0.2) is 4.98 Å². The molecule has 2 aliphatic rings. The summed E-state index contributed by atoms with van der Waals surface area (Å²) in [5.41, 5.74) is 2.83. The summed E-state index contributed by atoms with van der Waals surface area (Å²) in [6.07, 6.45) is 5.09. The van der Waals surface area contributed by atoms with E-state index in [-0.39, 0.29) is 0 Å². The van der Waals surface area contributed by atoms with Gasteiger partial charge >= 0.3 is 0 Å². The predicted octanol–water partition coefficient (Wildman–Crippen LogP) is 2.70. The Morgan fingerprint density at radius 3 is 2.78 bits per heavy atom. The molecule has 0 amide bonds. The average molecular weight is 247 g/mol. The van der Waals surface area contributed by atoms with Gasteiger partial charge in [-0.15, -0.1) is 0 Å². The monoisotopic (exact) mass is 247 g/mol. The molecule has 18 heavy (non-hydrogen) atoms. The zero-order valence-electron chi connectivity index (χ0n) is 11.9. The van der Waals surface area contributed by atoms with E-state index in [4.69, 9.17) is 4.98 Å². The third-order valence-corrected chi connectivity index (χ3v) is 4.30. The van der Waals surface area contributed by atoms with E-state index in [1.165, 1.54) is 30.1 Å². The van der Waals surface area contributed by atoms with Crippen molar-refractivity contribution in [2.45, 2.75) is 59.0 Å². The summed E-state index contributed by atoms with van der Waals surface area (Å²) in [6.45, 7) is 9.05. The van der Waals surface area contributed by atoms with Crippen molar-refractivity contribution in [3.63, 3.8) is 0 Å². The second kappa shape index (κ2) is 4.69. The Bertz CT molecular complexity index is 429. The highest BCUT2D eigenvalue weighted by atomic mass is 15.1. The van der Waals surface area contributed by atoms with Crippen LogP contribution in [-0.4, -0.2) is 16.1 Å². The van der Waals surface area contributed by atoms with Gasteiger partial charge in [-0.3, -0.25) is 0 Å². The van der Waals surface area contributed by atoms with Crippen LogP contribution in [0.3, 0.4) is 0 Å². The average Bonchev–Trinajstić information content (AvgIpc) is 3.10. The molecule has 3 heteroatoms. The minimum Gasteiger partial charge on any atom is -0.329 e. The third-order valence-electron chi connectivity index (χ3n) is 4.30. The van der Waals surface area contributed by atoms with Crippen molar-refractivity contribution in [2.75, 3.05) is 6.54 Å². The lowest BCUT2D eigenvalue weighted by atomic mass is 10.1. The van der Waals surface area contributed by atoms with E-state index in [0.29, 0.717) is 12.0 Å². The van der Waals surface area contributed by atoms with Gasteiger partial charge in [0, 0.05) is 37.7 Å². The maximum Gasteiger partial charge on any atom is 0.109 e. The molecule has 0 bridgehead atoms. The summed E-state index contributed by atoms with van der Waals surface area (Å²) in [5, 5.41) is 3.44. The van der Waals surface area contributed by atoms with Gasteiger partial charge in [0.2, 0.25) is 0 Å². The lowest BCUT2D eigenvalue weighted by molar-refractivity contribution is 0.436. The highest BCUT2D eigenvalue weighted by Crippen LogP contribution is 2.41. The number of imidazole rings is 1. The topological polar surface area (TPSA) is 29.9 Å². The maximum absolute atomic E-state index is 4.92. The standard InChI is InChI=1S/C15H25N3/c1-10(2)8-15-17-13-9-16-7-6-14(13)18(15)11(3)12-4-5-12/h10-12,16H,4-9H2,1-3H3. The summed E-state index contributed by atoms with van der Waals surface area (Å²) in [7, 11) is 0. The minimum atomic E-state index is 0.660. The molecule has 2 heterocycles. The smallest absolute Gasteiger partial charge is 0.109 e. The molecule has 3 rings (SSSR count). The first-order valence-corrected chi connectivity index (χ1v) is 7.46. The van der Waals surface area contributed by atoms with Crippen molar-refractivity contribution in [3.8, 4) is 0 Å². The van der Waals surface area contributed by atoms with E-state index in [0.717, 1.165) is 31.8 Å². The first-order valence-electron chi connectivity index (χ1n) is 7.46. The Labute approximate surface area is 110 Å². The zero-order valence-corrected chi connectivity index (χ0v) is 11.9. The van der Waals surface area contributed by atoms with E-state index in [1.807, 2.05) is 0 Å². The number of hydrogen-bond acceptors (Lipinski definition) is 2. The molecule has 1 saturated carbocycles. The van der Waals surface area contributed by atoms with Crippen LogP contribution in [0.15, 0.2) is 0 Å². The lowest BCUT2D eigenvalue weighted by Gasteiger charge is -2.22. The summed E-state index contributed by atoms with van der Waals surface area (Å²) in [6, 6.07) is 0.660. The number of aromatic nitrogens is 2. The van der Waals surface area contributed by atoms with Gasteiger partial charge in [-0.05, 0) is 31.6 Å². The van der Waals surface area contributed by atoms with E-state index in [9.17, 15) is 0 Å². The maximum atomic E-state index is 4.92. The van der Waals surface area contributed by atoms with E-state index < -0.39 is 0 Å². The summed E-state index contributed by atoms with van der Waals surface area (Å²) in [4.78, 5) is 4.92. The second-order valence-corrected chi connectivity index (χ2v) is 6.39. The molecular weight excluding hydrogens is 222 g/mol. The van der Waals surface area contributed by atoms with Crippen molar-refractivity contribution in [1.82, 2.24) is 14.9 Å². The summed E-state index contributed by atoms with van der Waals surface area (Å²) < 4.78 is 2.59. The number of hydrogen-bond donors (Lipinski definition) is 1. The fraction of sp³-hybridized carbons (Fsp3) is 0.800. The minimum absolute atomic E-state index is 0.660. The number of rotatable bonds is 4. The molecule has 3 nitrogen and oxygen atoms in total. The highest BCUT2D eigenvalue weighted by molar-refractivity contribution is 5.22. The Morgan fingerprint density at radius 2 is 2.11 bits per heavy atom. The van der Waals surface area contributed by atoms with Crippen LogP contribution in [0.1, 0.15) is 56.9 Å². The van der Waals surface area contributed by atoms with Gasteiger partial charge in [0.1, 0.15) is 5.82 Å². The second-order valence-electron chi connectivity index (χ2n) is 6.39. The summed E-state index contributed by atoms with van der Waals surface area (Å²) in [5.74, 6) is 2.93. The van der Waals surface area contributed by atoms with Crippen LogP contribution >= 0.6 is 0 Å². The molecule has 1 unspecified atom stereocenters. The number of nitrogens with one attached hydrogen (secondary N) is 1. The van der Waals surface area contributed by atoms with Crippen molar-refractivity contribution in [1.29, 1.82) is 0 Å².